The first-order valence-electron chi connectivity index (χ1n) is 5.95. The largest absolute Gasteiger partial charge is 0.383 e. The Kier molecular flexibility index (Phi) is 4.17. The molecule has 0 atom stereocenters. The molecule has 2 heteroatoms. The maximum atomic E-state index is 3.45. The van der Waals surface area contributed by atoms with Crippen molar-refractivity contribution in [1.82, 2.24) is 5.32 Å². The lowest BCUT2D eigenvalue weighted by Crippen LogP contribution is -2.17. The number of anilines is 1. The molecule has 0 saturated carbocycles. The molecule has 88 valence electrons. The molecule has 0 radical (unpaired) electrons. The Bertz CT molecular complexity index is 451. The van der Waals surface area contributed by atoms with E-state index in [9.17, 15) is 0 Å². The predicted molar refractivity (Wildman–Crippen MR) is 74.3 cm³/mol. The third-order valence-electron chi connectivity index (χ3n) is 2.70. The second-order valence-electron chi connectivity index (χ2n) is 3.94. The third-order valence-corrected chi connectivity index (χ3v) is 2.70. The summed E-state index contributed by atoms with van der Waals surface area (Å²) in [6, 6.07) is 18.9. The lowest BCUT2D eigenvalue weighted by atomic mass is 10.0. The molecule has 0 amide bonds. The number of hydrogen-bond donors (Lipinski definition) is 2. The van der Waals surface area contributed by atoms with E-state index in [4.69, 9.17) is 0 Å². The van der Waals surface area contributed by atoms with Gasteiger partial charge in [-0.15, -0.1) is 0 Å². The molecule has 0 aliphatic rings. The number of nitrogens with one attached hydrogen (secondary N) is 2. The van der Waals surface area contributed by atoms with Gasteiger partial charge < -0.3 is 10.6 Å². The Labute approximate surface area is 103 Å². The first kappa shape index (κ1) is 11.7. The summed E-state index contributed by atoms with van der Waals surface area (Å²) in [5, 5.41) is 6.58. The Balaban J connectivity index is 2.22. The van der Waals surface area contributed by atoms with Crippen LogP contribution in [0.25, 0.3) is 11.1 Å². The Morgan fingerprint density at radius 2 is 1.53 bits per heavy atom. The van der Waals surface area contributed by atoms with Crippen molar-refractivity contribution in [2.45, 2.75) is 0 Å². The highest BCUT2D eigenvalue weighted by atomic mass is 14.9. The molecule has 2 nitrogen and oxygen atoms in total. The highest BCUT2D eigenvalue weighted by Crippen LogP contribution is 2.27. The van der Waals surface area contributed by atoms with E-state index in [0.717, 1.165) is 13.1 Å². The van der Waals surface area contributed by atoms with E-state index < -0.39 is 0 Å². The molecule has 0 aliphatic carbocycles. The maximum absolute atomic E-state index is 3.45. The molecule has 0 bridgehead atoms. The van der Waals surface area contributed by atoms with Gasteiger partial charge in [-0.3, -0.25) is 0 Å². The van der Waals surface area contributed by atoms with Crippen LogP contribution in [0.1, 0.15) is 0 Å². The quantitative estimate of drug-likeness (QED) is 0.766. The van der Waals surface area contributed by atoms with Gasteiger partial charge in [-0.1, -0.05) is 48.5 Å². The van der Waals surface area contributed by atoms with E-state index in [2.05, 4.69) is 59.2 Å². The highest BCUT2D eigenvalue weighted by molar-refractivity contribution is 5.77. The van der Waals surface area contributed by atoms with Crippen molar-refractivity contribution in [3.63, 3.8) is 0 Å². The molecular weight excluding hydrogens is 208 g/mol. The normalized spacial score (nSPS) is 10.2. The van der Waals surface area contributed by atoms with Gasteiger partial charge >= 0.3 is 0 Å². The molecule has 0 aliphatic heterocycles. The molecule has 0 heterocycles. The fraction of sp³-hybridized carbons (Fsp3) is 0.200. The SMILES string of the molecule is CNCCNc1ccccc1-c1ccccc1. The molecule has 0 saturated heterocycles. The number of para-hydroxylation sites is 1. The summed E-state index contributed by atoms with van der Waals surface area (Å²) in [4.78, 5) is 0. The lowest BCUT2D eigenvalue weighted by Gasteiger charge is -2.11. The number of benzene rings is 2. The van der Waals surface area contributed by atoms with Crippen LogP contribution in [-0.4, -0.2) is 20.1 Å². The zero-order valence-electron chi connectivity index (χ0n) is 10.1. The van der Waals surface area contributed by atoms with E-state index in [0.29, 0.717) is 0 Å². The predicted octanol–water partition coefficient (Wildman–Crippen LogP) is 2.98. The summed E-state index contributed by atoms with van der Waals surface area (Å²) in [5.74, 6) is 0. The highest BCUT2D eigenvalue weighted by Gasteiger charge is 2.02. The molecule has 2 N–H and O–H groups in total. The minimum Gasteiger partial charge on any atom is -0.383 e. The topological polar surface area (TPSA) is 24.1 Å². The van der Waals surface area contributed by atoms with Gasteiger partial charge in [0.2, 0.25) is 0 Å². The van der Waals surface area contributed by atoms with Crippen molar-refractivity contribution in [2.75, 3.05) is 25.5 Å². The van der Waals surface area contributed by atoms with Crippen LogP contribution in [-0.2, 0) is 0 Å². The van der Waals surface area contributed by atoms with Gasteiger partial charge in [-0.25, -0.2) is 0 Å². The first-order valence-corrected chi connectivity index (χ1v) is 5.95. The molecule has 0 aromatic heterocycles. The van der Waals surface area contributed by atoms with Crippen LogP contribution in [0.3, 0.4) is 0 Å². The van der Waals surface area contributed by atoms with Crippen molar-refractivity contribution in [2.24, 2.45) is 0 Å². The van der Waals surface area contributed by atoms with Gasteiger partial charge in [0, 0.05) is 24.3 Å². The summed E-state index contributed by atoms with van der Waals surface area (Å²) < 4.78 is 0. The number of hydrogen-bond acceptors (Lipinski definition) is 2. The van der Waals surface area contributed by atoms with E-state index in [1.165, 1.54) is 16.8 Å². The van der Waals surface area contributed by atoms with Gasteiger partial charge in [-0.05, 0) is 18.7 Å². The van der Waals surface area contributed by atoms with E-state index in [1.54, 1.807) is 0 Å². The van der Waals surface area contributed by atoms with Crippen LogP contribution in [0.2, 0.25) is 0 Å². The van der Waals surface area contributed by atoms with Crippen LogP contribution in [0.15, 0.2) is 54.6 Å². The van der Waals surface area contributed by atoms with E-state index in [-0.39, 0.29) is 0 Å². The van der Waals surface area contributed by atoms with Gasteiger partial charge in [0.15, 0.2) is 0 Å². The molecule has 0 unspecified atom stereocenters. The number of rotatable bonds is 5. The molecule has 2 aromatic rings. The third kappa shape index (κ3) is 3.08. The average Bonchev–Trinajstić information content (AvgIpc) is 2.41. The lowest BCUT2D eigenvalue weighted by molar-refractivity contribution is 0.824. The maximum Gasteiger partial charge on any atom is 0.0420 e. The van der Waals surface area contributed by atoms with Gasteiger partial charge in [-0.2, -0.15) is 0 Å². The zero-order valence-corrected chi connectivity index (χ0v) is 10.1. The number of likely N-dealkylation sites (N-methyl/N-ethyl adjacent to an activating group) is 1. The Morgan fingerprint density at radius 1 is 0.824 bits per heavy atom. The summed E-state index contributed by atoms with van der Waals surface area (Å²) in [5.41, 5.74) is 3.69. The zero-order chi connectivity index (χ0) is 11.9. The fourth-order valence-electron chi connectivity index (χ4n) is 1.83. The molecule has 17 heavy (non-hydrogen) atoms. The summed E-state index contributed by atoms with van der Waals surface area (Å²) in [6.45, 7) is 1.89. The van der Waals surface area contributed by atoms with Gasteiger partial charge in [0.1, 0.15) is 0 Å². The average molecular weight is 226 g/mol. The van der Waals surface area contributed by atoms with Crippen molar-refractivity contribution >= 4 is 5.69 Å². The van der Waals surface area contributed by atoms with E-state index >= 15 is 0 Å². The molecule has 0 spiro atoms. The Hall–Kier alpha value is -1.80. The monoisotopic (exact) mass is 226 g/mol. The van der Waals surface area contributed by atoms with Crippen molar-refractivity contribution in [3.8, 4) is 11.1 Å². The summed E-state index contributed by atoms with van der Waals surface area (Å²) >= 11 is 0. The van der Waals surface area contributed by atoms with Gasteiger partial charge in [0.05, 0.1) is 0 Å². The van der Waals surface area contributed by atoms with Crippen LogP contribution >= 0.6 is 0 Å². The van der Waals surface area contributed by atoms with Crippen LogP contribution in [0.4, 0.5) is 5.69 Å². The minimum atomic E-state index is 0.931. The minimum absolute atomic E-state index is 0.931. The van der Waals surface area contributed by atoms with Crippen LogP contribution < -0.4 is 10.6 Å². The van der Waals surface area contributed by atoms with Crippen molar-refractivity contribution in [1.29, 1.82) is 0 Å². The van der Waals surface area contributed by atoms with Crippen molar-refractivity contribution in [3.05, 3.63) is 54.6 Å². The molecular formula is C15H18N2. The van der Waals surface area contributed by atoms with Crippen molar-refractivity contribution < 1.29 is 0 Å². The Morgan fingerprint density at radius 3 is 2.29 bits per heavy atom. The standard InChI is InChI=1S/C15H18N2/c1-16-11-12-17-15-10-6-5-9-14(15)13-7-3-2-4-8-13/h2-10,16-17H,11-12H2,1H3. The molecule has 2 aromatic carbocycles. The molecule has 2 rings (SSSR count). The van der Waals surface area contributed by atoms with Crippen LogP contribution in [0.5, 0.6) is 0 Å². The smallest absolute Gasteiger partial charge is 0.0420 e. The first-order chi connectivity index (χ1) is 8.42. The van der Waals surface area contributed by atoms with Crippen LogP contribution in [0, 0.1) is 0 Å². The van der Waals surface area contributed by atoms with E-state index in [1.807, 2.05) is 13.1 Å². The summed E-state index contributed by atoms with van der Waals surface area (Å²) in [6.07, 6.45) is 0. The summed E-state index contributed by atoms with van der Waals surface area (Å²) in [7, 11) is 1.96. The van der Waals surface area contributed by atoms with Gasteiger partial charge in [0.25, 0.3) is 0 Å². The second-order valence-corrected chi connectivity index (χ2v) is 3.94. The second kappa shape index (κ2) is 6.06. The fourth-order valence-corrected chi connectivity index (χ4v) is 1.83. The molecule has 0 fully saturated rings.